The number of hydrogen-bond donors (Lipinski definition) is 0. The summed E-state index contributed by atoms with van der Waals surface area (Å²) < 4.78 is 0.762. The van der Waals surface area contributed by atoms with Crippen molar-refractivity contribution in [3.63, 3.8) is 0 Å². The molecule has 1 aliphatic rings. The predicted molar refractivity (Wildman–Crippen MR) is 65.9 cm³/mol. The number of nitroso groups, excluding NO2 is 1. The zero-order valence-electron chi connectivity index (χ0n) is 10.0. The van der Waals surface area contributed by atoms with E-state index in [9.17, 15) is 9.70 Å². The number of nitrogens with zero attached hydrogens (tertiary/aromatic N) is 2. The van der Waals surface area contributed by atoms with E-state index in [1.807, 2.05) is 31.1 Å². The zero-order valence-corrected chi connectivity index (χ0v) is 10.0. The van der Waals surface area contributed by atoms with E-state index in [0.717, 1.165) is 10.3 Å². The van der Waals surface area contributed by atoms with Gasteiger partial charge in [-0.3, -0.25) is 4.79 Å². The van der Waals surface area contributed by atoms with Crippen LogP contribution >= 0.6 is 0 Å². The minimum atomic E-state index is 0.0181. The van der Waals surface area contributed by atoms with Crippen LogP contribution < -0.4 is 0 Å². The Balaban J connectivity index is 2.21. The predicted octanol–water partition coefficient (Wildman–Crippen LogP) is 1.97. The van der Waals surface area contributed by atoms with E-state index in [1.54, 1.807) is 12.1 Å². The van der Waals surface area contributed by atoms with Crippen LogP contribution in [0.25, 0.3) is 5.57 Å². The highest BCUT2D eigenvalue weighted by atomic mass is 16.3. The lowest BCUT2D eigenvalue weighted by molar-refractivity contribution is -0.379. The van der Waals surface area contributed by atoms with Crippen molar-refractivity contribution in [1.82, 2.24) is 4.90 Å². The highest BCUT2D eigenvalue weighted by molar-refractivity contribution is 6.22. The Hall–Kier alpha value is -1.81. The van der Waals surface area contributed by atoms with E-state index in [2.05, 4.69) is 0 Å². The first-order chi connectivity index (χ1) is 8.09. The van der Waals surface area contributed by atoms with Crippen LogP contribution in [0.4, 0.5) is 5.69 Å². The molecule has 1 aromatic rings. The molecule has 1 aromatic carbocycles. The SMILES string of the molecule is CN(C)CCC(=O)C1=C[N+](=O)c2ccccc21. The van der Waals surface area contributed by atoms with Crippen molar-refractivity contribution in [1.29, 1.82) is 0 Å². The summed E-state index contributed by atoms with van der Waals surface area (Å²) in [5.74, 6) is 0.0181. The number of ketones is 1. The quantitative estimate of drug-likeness (QED) is 0.744. The lowest BCUT2D eigenvalue weighted by atomic mass is 10.0. The molecule has 0 fully saturated rings. The van der Waals surface area contributed by atoms with Crippen molar-refractivity contribution in [3.8, 4) is 0 Å². The molecular weight excluding hydrogens is 216 g/mol. The second kappa shape index (κ2) is 4.59. The third kappa shape index (κ3) is 2.31. The molecule has 0 unspecified atom stereocenters. The Morgan fingerprint density at radius 3 is 2.71 bits per heavy atom. The third-order valence-corrected chi connectivity index (χ3v) is 2.76. The largest absolute Gasteiger partial charge is 0.309 e. The number of benzene rings is 1. The summed E-state index contributed by atoms with van der Waals surface area (Å²) in [7, 11) is 3.84. The number of hydrogen-bond acceptors (Lipinski definition) is 3. The third-order valence-electron chi connectivity index (χ3n) is 2.76. The van der Waals surface area contributed by atoms with Crippen molar-refractivity contribution in [2.75, 3.05) is 20.6 Å². The first-order valence-corrected chi connectivity index (χ1v) is 5.55. The summed E-state index contributed by atoms with van der Waals surface area (Å²) in [6, 6.07) is 7.17. The van der Waals surface area contributed by atoms with E-state index in [1.165, 1.54) is 6.20 Å². The minimum absolute atomic E-state index is 0.0181. The Morgan fingerprint density at radius 2 is 2.00 bits per heavy atom. The maximum atomic E-state index is 12.0. The Labute approximate surface area is 100 Å². The van der Waals surface area contributed by atoms with E-state index in [0.29, 0.717) is 24.2 Å². The molecule has 0 aromatic heterocycles. The molecule has 0 saturated carbocycles. The molecule has 0 spiro atoms. The van der Waals surface area contributed by atoms with Crippen LogP contribution in [0, 0.1) is 4.91 Å². The van der Waals surface area contributed by atoms with Crippen molar-refractivity contribution >= 4 is 17.0 Å². The molecule has 0 bridgehead atoms. The molecule has 0 amide bonds. The van der Waals surface area contributed by atoms with Crippen LogP contribution in [0.3, 0.4) is 0 Å². The van der Waals surface area contributed by atoms with Gasteiger partial charge in [0.15, 0.2) is 5.78 Å². The summed E-state index contributed by atoms with van der Waals surface area (Å²) in [4.78, 5) is 25.5. The monoisotopic (exact) mass is 231 g/mol. The molecule has 0 radical (unpaired) electrons. The van der Waals surface area contributed by atoms with Gasteiger partial charge in [0.1, 0.15) is 5.57 Å². The fraction of sp³-hybridized carbons (Fsp3) is 0.308. The second-order valence-electron chi connectivity index (χ2n) is 4.36. The van der Waals surface area contributed by atoms with Gasteiger partial charge in [0.2, 0.25) is 6.20 Å². The Kier molecular flexibility index (Phi) is 3.15. The van der Waals surface area contributed by atoms with E-state index in [4.69, 9.17) is 0 Å². The van der Waals surface area contributed by atoms with Gasteiger partial charge in [-0.15, -0.1) is 0 Å². The molecule has 0 saturated heterocycles. The summed E-state index contributed by atoms with van der Waals surface area (Å²) in [6.45, 7) is 0.692. The van der Waals surface area contributed by atoms with Gasteiger partial charge in [-0.1, -0.05) is 12.1 Å². The Morgan fingerprint density at radius 1 is 1.29 bits per heavy atom. The summed E-state index contributed by atoms with van der Waals surface area (Å²) in [6.07, 6.45) is 1.81. The highest BCUT2D eigenvalue weighted by Crippen LogP contribution is 2.33. The number of rotatable bonds is 4. The molecule has 2 rings (SSSR count). The average molecular weight is 231 g/mol. The van der Waals surface area contributed by atoms with Gasteiger partial charge in [-0.2, -0.15) is 0 Å². The van der Waals surface area contributed by atoms with Gasteiger partial charge in [-0.05, 0) is 20.2 Å². The molecule has 4 nitrogen and oxygen atoms in total. The molecule has 0 aliphatic carbocycles. The fourth-order valence-corrected chi connectivity index (χ4v) is 1.83. The van der Waals surface area contributed by atoms with Gasteiger partial charge < -0.3 is 4.90 Å². The molecule has 1 heterocycles. The number of Topliss-reactive ketones (excluding diaryl/α,β-unsaturated/α-hetero) is 1. The zero-order chi connectivity index (χ0) is 12.4. The van der Waals surface area contributed by atoms with Crippen molar-refractivity contribution in [2.24, 2.45) is 0 Å². The molecule has 4 heteroatoms. The average Bonchev–Trinajstić information content (AvgIpc) is 2.65. The molecule has 88 valence electrons. The number of carbonyl (C=O) groups is 1. The van der Waals surface area contributed by atoms with Crippen LogP contribution in [-0.4, -0.2) is 36.1 Å². The molecule has 1 aliphatic heterocycles. The molecule has 17 heavy (non-hydrogen) atoms. The van der Waals surface area contributed by atoms with Gasteiger partial charge in [0, 0.05) is 23.9 Å². The van der Waals surface area contributed by atoms with Crippen molar-refractivity contribution < 1.29 is 9.55 Å². The normalized spacial score (nSPS) is 13.8. The van der Waals surface area contributed by atoms with Crippen LogP contribution in [0.2, 0.25) is 0 Å². The van der Waals surface area contributed by atoms with Gasteiger partial charge in [0.25, 0.3) is 5.69 Å². The van der Waals surface area contributed by atoms with Gasteiger partial charge >= 0.3 is 0 Å². The van der Waals surface area contributed by atoms with E-state index >= 15 is 0 Å². The first kappa shape index (κ1) is 11.7. The van der Waals surface area contributed by atoms with Crippen LogP contribution in [0.5, 0.6) is 0 Å². The lowest BCUT2D eigenvalue weighted by Crippen LogP contribution is -2.16. The summed E-state index contributed by atoms with van der Waals surface area (Å²) >= 11 is 0. The number of para-hydroxylation sites is 1. The van der Waals surface area contributed by atoms with Crippen molar-refractivity contribution in [2.45, 2.75) is 6.42 Å². The van der Waals surface area contributed by atoms with Gasteiger partial charge in [0.05, 0.1) is 10.3 Å². The molecule has 0 atom stereocenters. The number of carbonyl (C=O) groups excluding carboxylic acids is 1. The fourth-order valence-electron chi connectivity index (χ4n) is 1.83. The molecule has 0 N–H and O–H groups in total. The maximum Gasteiger partial charge on any atom is 0.270 e. The smallest absolute Gasteiger partial charge is 0.270 e. The Bertz CT molecular complexity index is 504. The summed E-state index contributed by atoms with van der Waals surface area (Å²) in [5.41, 5.74) is 1.82. The van der Waals surface area contributed by atoms with Crippen molar-refractivity contribution in [3.05, 3.63) is 40.9 Å². The first-order valence-electron chi connectivity index (χ1n) is 5.55. The highest BCUT2D eigenvalue weighted by Gasteiger charge is 2.32. The van der Waals surface area contributed by atoms with Gasteiger partial charge in [-0.25, -0.2) is 0 Å². The van der Waals surface area contributed by atoms with Crippen LogP contribution in [0.1, 0.15) is 12.0 Å². The lowest BCUT2D eigenvalue weighted by Gasteiger charge is -2.07. The van der Waals surface area contributed by atoms with E-state index < -0.39 is 0 Å². The standard InChI is InChI=1S/C13H15N2O2/c1-14(2)8-7-13(16)11-9-15(17)12-6-4-3-5-10(11)12/h3-6,9H,7-8H2,1-2H3/q+1. The minimum Gasteiger partial charge on any atom is -0.309 e. The summed E-state index contributed by atoms with van der Waals surface area (Å²) in [5, 5.41) is 0. The maximum absolute atomic E-state index is 12.0. The van der Waals surface area contributed by atoms with Crippen LogP contribution in [0.15, 0.2) is 30.5 Å². The van der Waals surface area contributed by atoms with E-state index in [-0.39, 0.29) is 5.78 Å². The number of allylic oxidation sites excluding steroid dienone is 1. The van der Waals surface area contributed by atoms with Crippen LogP contribution in [-0.2, 0) is 4.79 Å². The molecular formula is C13H15N2O2+. The second-order valence-corrected chi connectivity index (χ2v) is 4.36. The topological polar surface area (TPSA) is 40.4 Å². The number of fused-ring (bicyclic) bond motifs is 1.